The monoisotopic (exact) mass is 310 g/mol. The number of halogens is 1. The molecule has 0 spiro atoms. The van der Waals surface area contributed by atoms with Gasteiger partial charge in [-0.1, -0.05) is 0 Å². The first-order valence-corrected chi connectivity index (χ1v) is 7.80. The molecule has 0 aromatic carbocycles. The largest absolute Gasteiger partial charge is 0.449 e. The Bertz CT molecular complexity index is 522. The fraction of sp³-hybridized carbons (Fsp3) is 0.643. The molecule has 6 nitrogen and oxygen atoms in total. The lowest BCUT2D eigenvalue weighted by Crippen LogP contribution is -2.38. The molecule has 1 aliphatic heterocycles. The minimum atomic E-state index is -0.204. The summed E-state index contributed by atoms with van der Waals surface area (Å²) in [5, 5.41) is 3.58. The van der Waals surface area contributed by atoms with Crippen molar-refractivity contribution in [2.45, 2.75) is 31.6 Å². The molecule has 2 heterocycles. The first-order chi connectivity index (χ1) is 10.2. The molecule has 1 aromatic heterocycles. The number of aromatic nitrogens is 2. The van der Waals surface area contributed by atoms with E-state index >= 15 is 0 Å². The van der Waals surface area contributed by atoms with Gasteiger partial charge in [-0.15, -0.1) is 0 Å². The summed E-state index contributed by atoms with van der Waals surface area (Å²) in [6.07, 6.45) is 5.76. The van der Waals surface area contributed by atoms with Crippen molar-refractivity contribution >= 4 is 23.5 Å². The third kappa shape index (κ3) is 3.75. The normalized spacial score (nSPS) is 18.5. The van der Waals surface area contributed by atoms with Gasteiger partial charge >= 0.3 is 6.09 Å². The first kappa shape index (κ1) is 14.4. The van der Waals surface area contributed by atoms with E-state index < -0.39 is 0 Å². The average molecular weight is 311 g/mol. The molecule has 114 valence electrons. The Morgan fingerprint density at radius 1 is 1.48 bits per heavy atom. The molecule has 1 N–H and O–H groups in total. The highest BCUT2D eigenvalue weighted by Gasteiger charge is 2.27. The summed E-state index contributed by atoms with van der Waals surface area (Å²) in [5.74, 6) is 1.40. The van der Waals surface area contributed by atoms with Gasteiger partial charge in [-0.05, 0) is 43.2 Å². The molecular weight excluding hydrogens is 292 g/mol. The fourth-order valence-electron chi connectivity index (χ4n) is 2.48. The molecule has 7 heteroatoms. The average Bonchev–Trinajstić information content (AvgIpc) is 3.30. The second-order valence-electron chi connectivity index (χ2n) is 5.45. The van der Waals surface area contributed by atoms with Crippen LogP contribution in [0.1, 0.15) is 37.2 Å². The highest BCUT2D eigenvalue weighted by molar-refractivity contribution is 6.28. The van der Waals surface area contributed by atoms with E-state index in [0.717, 1.165) is 37.3 Å². The maximum absolute atomic E-state index is 11.5. The summed E-state index contributed by atoms with van der Waals surface area (Å²) in [5.41, 5.74) is 1.15. The van der Waals surface area contributed by atoms with Crippen molar-refractivity contribution in [3.63, 3.8) is 0 Å². The molecule has 0 bridgehead atoms. The van der Waals surface area contributed by atoms with Crippen molar-refractivity contribution in [3.05, 3.63) is 17.0 Å². The Kier molecular flexibility index (Phi) is 4.43. The van der Waals surface area contributed by atoms with Crippen molar-refractivity contribution in [2.75, 3.05) is 31.6 Å². The smallest absolute Gasteiger partial charge is 0.409 e. The lowest BCUT2D eigenvalue weighted by molar-refractivity contribution is 0.0729. The van der Waals surface area contributed by atoms with Crippen LogP contribution in [0.25, 0.3) is 0 Å². The van der Waals surface area contributed by atoms with Crippen molar-refractivity contribution in [3.8, 4) is 0 Å². The fourth-order valence-corrected chi connectivity index (χ4v) is 2.61. The highest BCUT2D eigenvalue weighted by Crippen LogP contribution is 2.42. The van der Waals surface area contributed by atoms with E-state index in [2.05, 4.69) is 15.3 Å². The van der Waals surface area contributed by atoms with Crippen LogP contribution in [0.2, 0.25) is 5.28 Å². The van der Waals surface area contributed by atoms with Gasteiger partial charge in [-0.3, -0.25) is 0 Å². The van der Waals surface area contributed by atoms with Gasteiger partial charge in [0.25, 0.3) is 0 Å². The van der Waals surface area contributed by atoms with Crippen LogP contribution < -0.4 is 5.32 Å². The molecule has 0 unspecified atom stereocenters. The van der Waals surface area contributed by atoms with E-state index in [0.29, 0.717) is 19.1 Å². The van der Waals surface area contributed by atoms with E-state index in [-0.39, 0.29) is 11.4 Å². The van der Waals surface area contributed by atoms with Gasteiger partial charge in [-0.25, -0.2) is 14.8 Å². The SMILES string of the molecule is O=C1OCCCN1CCCNc1nc(Cl)ncc1C1CC1. The second-order valence-corrected chi connectivity index (χ2v) is 5.79. The van der Waals surface area contributed by atoms with Gasteiger partial charge in [-0.2, -0.15) is 0 Å². The summed E-state index contributed by atoms with van der Waals surface area (Å²) in [6, 6.07) is 0. The Morgan fingerprint density at radius 2 is 2.33 bits per heavy atom. The zero-order valence-corrected chi connectivity index (χ0v) is 12.6. The van der Waals surface area contributed by atoms with E-state index in [1.54, 1.807) is 4.90 Å². The quantitative estimate of drug-likeness (QED) is 0.646. The number of ether oxygens (including phenoxy) is 1. The number of carbonyl (C=O) groups is 1. The van der Waals surface area contributed by atoms with Gasteiger partial charge in [0.15, 0.2) is 0 Å². The summed E-state index contributed by atoms with van der Waals surface area (Å²) in [6.45, 7) is 2.77. The maximum atomic E-state index is 11.5. The van der Waals surface area contributed by atoms with Crippen molar-refractivity contribution < 1.29 is 9.53 Å². The molecule has 1 aliphatic carbocycles. The maximum Gasteiger partial charge on any atom is 0.409 e. The number of nitrogens with one attached hydrogen (secondary N) is 1. The predicted molar refractivity (Wildman–Crippen MR) is 79.7 cm³/mol. The van der Waals surface area contributed by atoms with Crippen LogP contribution in [0, 0.1) is 0 Å². The van der Waals surface area contributed by atoms with E-state index in [9.17, 15) is 4.79 Å². The van der Waals surface area contributed by atoms with Crippen LogP contribution in [0.15, 0.2) is 6.20 Å². The van der Waals surface area contributed by atoms with Crippen molar-refractivity contribution in [1.82, 2.24) is 14.9 Å². The number of cyclic esters (lactones) is 1. The molecule has 2 aliphatic rings. The minimum Gasteiger partial charge on any atom is -0.449 e. The zero-order chi connectivity index (χ0) is 14.7. The van der Waals surface area contributed by atoms with Crippen LogP contribution in [0.3, 0.4) is 0 Å². The summed E-state index contributed by atoms with van der Waals surface area (Å²) in [7, 11) is 0. The number of nitrogens with zero attached hydrogens (tertiary/aromatic N) is 3. The molecule has 1 saturated carbocycles. The predicted octanol–water partition coefficient (Wildman–Crippen LogP) is 2.65. The van der Waals surface area contributed by atoms with E-state index in [1.165, 1.54) is 12.8 Å². The Hall–Kier alpha value is -1.56. The molecule has 0 atom stereocenters. The third-order valence-electron chi connectivity index (χ3n) is 3.76. The number of anilines is 1. The number of hydrogen-bond acceptors (Lipinski definition) is 5. The lowest BCUT2D eigenvalue weighted by atomic mass is 10.2. The second kappa shape index (κ2) is 6.47. The molecule has 1 amide bonds. The zero-order valence-electron chi connectivity index (χ0n) is 11.8. The molecular formula is C14H19ClN4O2. The molecule has 1 aromatic rings. The van der Waals surface area contributed by atoms with Gasteiger partial charge in [0.2, 0.25) is 5.28 Å². The van der Waals surface area contributed by atoms with Gasteiger partial charge in [0, 0.05) is 31.4 Å². The van der Waals surface area contributed by atoms with Crippen LogP contribution >= 0.6 is 11.6 Å². The Balaban J connectivity index is 1.49. The number of hydrogen-bond donors (Lipinski definition) is 1. The van der Waals surface area contributed by atoms with Crippen molar-refractivity contribution in [1.29, 1.82) is 0 Å². The summed E-state index contributed by atoms with van der Waals surface area (Å²) < 4.78 is 5.01. The van der Waals surface area contributed by atoms with Gasteiger partial charge in [0.05, 0.1) is 6.61 Å². The summed E-state index contributed by atoms with van der Waals surface area (Å²) in [4.78, 5) is 21.6. The standard InChI is InChI=1S/C14H19ClN4O2/c15-13-17-9-11(10-3-4-10)12(18-13)16-5-1-6-19-7-2-8-21-14(19)20/h9-10H,1-8H2,(H,16,17,18). The Morgan fingerprint density at radius 3 is 3.10 bits per heavy atom. The molecule has 1 saturated heterocycles. The molecule has 3 rings (SSSR count). The number of rotatable bonds is 6. The van der Waals surface area contributed by atoms with Crippen LogP contribution in [0.4, 0.5) is 10.6 Å². The Labute approximate surface area is 128 Å². The summed E-state index contributed by atoms with van der Waals surface area (Å²) >= 11 is 5.86. The van der Waals surface area contributed by atoms with Gasteiger partial charge in [0.1, 0.15) is 5.82 Å². The molecule has 0 radical (unpaired) electrons. The van der Waals surface area contributed by atoms with Crippen LogP contribution in [0.5, 0.6) is 0 Å². The minimum absolute atomic E-state index is 0.204. The third-order valence-corrected chi connectivity index (χ3v) is 3.94. The molecule has 2 fully saturated rings. The highest BCUT2D eigenvalue weighted by atomic mass is 35.5. The van der Waals surface area contributed by atoms with Crippen LogP contribution in [-0.2, 0) is 4.74 Å². The number of amides is 1. The topological polar surface area (TPSA) is 67.3 Å². The number of carbonyl (C=O) groups excluding carboxylic acids is 1. The van der Waals surface area contributed by atoms with Crippen molar-refractivity contribution in [2.24, 2.45) is 0 Å². The van der Waals surface area contributed by atoms with Gasteiger partial charge < -0.3 is 15.0 Å². The molecule has 21 heavy (non-hydrogen) atoms. The first-order valence-electron chi connectivity index (χ1n) is 7.42. The lowest BCUT2D eigenvalue weighted by Gasteiger charge is -2.26. The van der Waals surface area contributed by atoms with E-state index in [4.69, 9.17) is 16.3 Å². The van der Waals surface area contributed by atoms with Crippen LogP contribution in [-0.4, -0.2) is 47.2 Å². The van der Waals surface area contributed by atoms with E-state index in [1.807, 2.05) is 6.20 Å².